The van der Waals surface area contributed by atoms with Crippen molar-refractivity contribution in [1.29, 1.82) is 0 Å². The highest BCUT2D eigenvalue weighted by Crippen LogP contribution is 2.33. The molecule has 0 aromatic carbocycles. The molecule has 110 valence electrons. The maximum absolute atomic E-state index is 11.6. The molecule has 0 spiro atoms. The molecule has 0 bridgehead atoms. The fourth-order valence-electron chi connectivity index (χ4n) is 1.75. The Morgan fingerprint density at radius 2 is 2.30 bits per heavy atom. The van der Waals surface area contributed by atoms with Crippen LogP contribution < -0.4 is 10.2 Å². The van der Waals surface area contributed by atoms with Crippen molar-refractivity contribution in [1.82, 2.24) is 5.32 Å². The first-order valence-electron chi connectivity index (χ1n) is 5.39. The Bertz CT molecular complexity index is 542. The Morgan fingerprint density at radius 3 is 2.90 bits per heavy atom. The molecular formula is C9H10N2O7PS-. The molecule has 20 heavy (non-hydrogen) atoms. The van der Waals surface area contributed by atoms with Gasteiger partial charge < -0.3 is 24.2 Å². The SMILES string of the molecule is O=C1N=CC([C@@H]2OC(COP([O-])(O)=S)=CC2O)C(=O)N1. The van der Waals surface area contributed by atoms with E-state index in [0.29, 0.717) is 0 Å². The molecule has 3 amide bonds. The minimum atomic E-state index is -4.08. The number of nitrogens with one attached hydrogen (secondary N) is 1. The van der Waals surface area contributed by atoms with E-state index in [0.717, 1.165) is 6.21 Å². The number of imide groups is 1. The summed E-state index contributed by atoms with van der Waals surface area (Å²) in [5.74, 6) is -1.54. The molecule has 2 rings (SSSR count). The smallest absolute Gasteiger partial charge is 0.347 e. The van der Waals surface area contributed by atoms with Crippen LogP contribution in [0.5, 0.6) is 0 Å². The van der Waals surface area contributed by atoms with Gasteiger partial charge in [0.15, 0.2) is 0 Å². The van der Waals surface area contributed by atoms with E-state index in [9.17, 15) is 19.6 Å². The molecule has 9 nitrogen and oxygen atoms in total. The number of aliphatic imine (C=N–C) groups is 1. The molecule has 11 heteroatoms. The summed E-state index contributed by atoms with van der Waals surface area (Å²) >= 11 is 4.16. The van der Waals surface area contributed by atoms with E-state index in [1.807, 2.05) is 5.32 Å². The van der Waals surface area contributed by atoms with Crippen LogP contribution in [-0.4, -0.2) is 47.0 Å². The van der Waals surface area contributed by atoms with Gasteiger partial charge in [-0.05, 0) is 6.08 Å². The number of nitrogens with zero attached hydrogens (tertiary/aromatic N) is 1. The molecule has 3 unspecified atom stereocenters. The molecule has 0 fully saturated rings. The first kappa shape index (κ1) is 15.2. The summed E-state index contributed by atoms with van der Waals surface area (Å²) in [7, 11) is 0. The molecule has 2 aliphatic heterocycles. The molecule has 2 aliphatic rings. The van der Waals surface area contributed by atoms with Crippen LogP contribution in [0.1, 0.15) is 0 Å². The Balaban J connectivity index is 2.00. The van der Waals surface area contributed by atoms with Crippen LogP contribution in [0.4, 0.5) is 4.79 Å². The van der Waals surface area contributed by atoms with Gasteiger partial charge in [-0.3, -0.25) is 10.1 Å². The molecular weight excluding hydrogens is 311 g/mol. The summed E-state index contributed by atoms with van der Waals surface area (Å²) in [5.41, 5.74) is 0. The van der Waals surface area contributed by atoms with Gasteiger partial charge in [-0.1, -0.05) is 11.8 Å². The standard InChI is InChI=1S/C9H11N2O7PS/c12-6-1-4(3-17-19(15,16)20)18-7(6)5-2-10-9(14)11-8(5)13/h1-2,5-7,12H,3H2,(H,11,13,14)(H2,15,16,20)/p-1/t5?,6?,7-/m0/s1. The number of rotatable bonds is 4. The average molecular weight is 321 g/mol. The van der Waals surface area contributed by atoms with E-state index < -0.39 is 43.4 Å². The number of urea groups is 1. The summed E-state index contributed by atoms with van der Waals surface area (Å²) in [6.07, 6.45) is 0.171. The maximum Gasteiger partial charge on any atom is 0.347 e. The number of hydrogen-bond acceptors (Lipinski definition) is 7. The zero-order valence-corrected chi connectivity index (χ0v) is 11.5. The summed E-state index contributed by atoms with van der Waals surface area (Å²) in [6, 6.07) is -0.789. The van der Waals surface area contributed by atoms with Crippen LogP contribution >= 0.6 is 6.72 Å². The third kappa shape index (κ3) is 3.69. The van der Waals surface area contributed by atoms with E-state index in [2.05, 4.69) is 21.3 Å². The predicted molar refractivity (Wildman–Crippen MR) is 66.9 cm³/mol. The zero-order chi connectivity index (χ0) is 14.9. The normalized spacial score (nSPS) is 32.4. The molecule has 2 heterocycles. The molecule has 0 aliphatic carbocycles. The molecule has 0 aromatic heterocycles. The number of hydrogen-bond donors (Lipinski definition) is 3. The number of ether oxygens (including phenoxy) is 1. The third-order valence-electron chi connectivity index (χ3n) is 2.59. The Labute approximate surface area is 118 Å². The number of aliphatic hydroxyl groups is 1. The Kier molecular flexibility index (Phi) is 4.33. The van der Waals surface area contributed by atoms with Gasteiger partial charge in [0.2, 0.25) is 5.91 Å². The van der Waals surface area contributed by atoms with Gasteiger partial charge in [0.1, 0.15) is 37.2 Å². The van der Waals surface area contributed by atoms with Crippen LogP contribution in [0.15, 0.2) is 16.8 Å². The lowest BCUT2D eigenvalue weighted by Crippen LogP contribution is -2.47. The van der Waals surface area contributed by atoms with Crippen molar-refractivity contribution in [2.75, 3.05) is 6.61 Å². The lowest BCUT2D eigenvalue weighted by molar-refractivity contribution is -0.201. The fourth-order valence-corrected chi connectivity index (χ4v) is 2.20. The summed E-state index contributed by atoms with van der Waals surface area (Å²) in [6.45, 7) is -4.49. The minimum Gasteiger partial charge on any atom is -0.780 e. The van der Waals surface area contributed by atoms with Crippen LogP contribution in [0.3, 0.4) is 0 Å². The van der Waals surface area contributed by atoms with E-state index in [1.54, 1.807) is 0 Å². The number of carbonyl (C=O) groups excluding carboxylic acids is 2. The highest BCUT2D eigenvalue weighted by atomic mass is 32.5. The van der Waals surface area contributed by atoms with E-state index in [1.165, 1.54) is 6.08 Å². The van der Waals surface area contributed by atoms with Crippen LogP contribution in [0.25, 0.3) is 0 Å². The van der Waals surface area contributed by atoms with E-state index >= 15 is 0 Å². The summed E-state index contributed by atoms with van der Waals surface area (Å²) in [5, 5.41) is 11.8. The predicted octanol–water partition coefficient (Wildman–Crippen LogP) is -1.84. The largest absolute Gasteiger partial charge is 0.780 e. The zero-order valence-electron chi connectivity index (χ0n) is 9.83. The van der Waals surface area contributed by atoms with Crippen LogP contribution in [0, 0.1) is 5.92 Å². The highest BCUT2D eigenvalue weighted by Gasteiger charge is 2.40. The van der Waals surface area contributed by atoms with Gasteiger partial charge in [0.25, 0.3) is 0 Å². The highest BCUT2D eigenvalue weighted by molar-refractivity contribution is 8.06. The number of amides is 3. The second-order valence-electron chi connectivity index (χ2n) is 4.05. The van der Waals surface area contributed by atoms with Gasteiger partial charge in [-0.2, -0.15) is 0 Å². The van der Waals surface area contributed by atoms with Gasteiger partial charge >= 0.3 is 6.03 Å². The minimum absolute atomic E-state index is 0.0692. The van der Waals surface area contributed by atoms with Gasteiger partial charge in [-0.15, -0.1) is 0 Å². The van der Waals surface area contributed by atoms with Gasteiger partial charge in [0, 0.05) is 6.21 Å². The first-order chi connectivity index (χ1) is 9.26. The van der Waals surface area contributed by atoms with E-state index in [4.69, 9.17) is 9.63 Å². The second kappa shape index (κ2) is 5.68. The lowest BCUT2D eigenvalue weighted by Gasteiger charge is -2.24. The van der Waals surface area contributed by atoms with Crippen molar-refractivity contribution >= 4 is 36.7 Å². The Morgan fingerprint density at radius 1 is 1.60 bits per heavy atom. The van der Waals surface area contributed by atoms with E-state index in [-0.39, 0.29) is 5.76 Å². The van der Waals surface area contributed by atoms with Crippen LogP contribution in [-0.2, 0) is 25.9 Å². The third-order valence-corrected chi connectivity index (χ3v) is 3.36. The summed E-state index contributed by atoms with van der Waals surface area (Å²) < 4.78 is 9.73. The first-order valence-corrected chi connectivity index (χ1v) is 7.98. The Hall–Kier alpha value is -1.16. The van der Waals surface area contributed by atoms with Crippen molar-refractivity contribution in [2.45, 2.75) is 12.2 Å². The average Bonchev–Trinajstić information content (AvgIpc) is 2.67. The molecule has 3 N–H and O–H groups in total. The molecule has 0 radical (unpaired) electrons. The lowest BCUT2D eigenvalue weighted by atomic mass is 9.98. The maximum atomic E-state index is 11.6. The monoisotopic (exact) mass is 321 g/mol. The van der Waals surface area contributed by atoms with Crippen molar-refractivity contribution in [3.05, 3.63) is 11.8 Å². The van der Waals surface area contributed by atoms with Crippen molar-refractivity contribution in [3.8, 4) is 0 Å². The molecule has 4 atom stereocenters. The van der Waals surface area contributed by atoms with Crippen LogP contribution in [0.2, 0.25) is 0 Å². The fraction of sp³-hybridized carbons (Fsp3) is 0.444. The molecule has 0 saturated carbocycles. The topological polar surface area (TPSA) is 141 Å². The van der Waals surface area contributed by atoms with Gasteiger partial charge in [0.05, 0.1) is 0 Å². The second-order valence-corrected chi connectivity index (χ2v) is 6.63. The van der Waals surface area contributed by atoms with Crippen molar-refractivity contribution in [2.24, 2.45) is 10.9 Å². The quantitative estimate of drug-likeness (QED) is 0.513. The van der Waals surface area contributed by atoms with Crippen molar-refractivity contribution in [3.63, 3.8) is 0 Å². The number of carbonyl (C=O) groups is 2. The number of aliphatic hydroxyl groups excluding tert-OH is 1. The van der Waals surface area contributed by atoms with Gasteiger partial charge in [-0.25, -0.2) is 9.79 Å². The van der Waals surface area contributed by atoms with Crippen molar-refractivity contribution < 1.29 is 33.7 Å². The summed E-state index contributed by atoms with van der Waals surface area (Å²) in [4.78, 5) is 45.5. The molecule has 0 aromatic rings. The molecule has 0 saturated heterocycles.